The fourth-order valence-corrected chi connectivity index (χ4v) is 0.932. The van der Waals surface area contributed by atoms with Crippen LogP contribution >= 0.6 is 0 Å². The Bertz CT molecular complexity index is 319. The summed E-state index contributed by atoms with van der Waals surface area (Å²) in [6.45, 7) is 1.23. The van der Waals surface area contributed by atoms with Crippen LogP contribution in [0.1, 0.15) is 5.56 Å². The highest BCUT2D eigenvalue weighted by Gasteiger charge is 1.99. The van der Waals surface area contributed by atoms with Crippen LogP contribution in [-0.4, -0.2) is 17.7 Å². The van der Waals surface area contributed by atoms with Crippen molar-refractivity contribution in [2.45, 2.75) is 6.92 Å². The number of aliphatic carboxylic acids is 1. The van der Waals surface area contributed by atoms with Crippen molar-refractivity contribution in [3.05, 3.63) is 23.8 Å². The number of rotatable bonds is 3. The molecular formula is C9H9O4-. The molecule has 1 aromatic carbocycles. The highest BCUT2D eigenvalue weighted by atomic mass is 16.5. The molecule has 0 aliphatic rings. The summed E-state index contributed by atoms with van der Waals surface area (Å²) in [6.07, 6.45) is 0. The normalized spacial score (nSPS) is 9.62. The molecular weight excluding hydrogens is 172 g/mol. The predicted molar refractivity (Wildman–Crippen MR) is 43.3 cm³/mol. The molecule has 4 heteroatoms. The van der Waals surface area contributed by atoms with Crippen LogP contribution in [0.15, 0.2) is 18.2 Å². The number of phenols is 1. The average molecular weight is 181 g/mol. The fraction of sp³-hybridized carbons (Fsp3) is 0.222. The van der Waals surface area contributed by atoms with E-state index in [1.54, 1.807) is 6.92 Å². The summed E-state index contributed by atoms with van der Waals surface area (Å²) >= 11 is 0. The second-order valence-corrected chi connectivity index (χ2v) is 2.61. The maximum absolute atomic E-state index is 10.1. The lowest BCUT2D eigenvalue weighted by Crippen LogP contribution is -2.29. The van der Waals surface area contributed by atoms with Crippen molar-refractivity contribution in [3.63, 3.8) is 0 Å². The Morgan fingerprint density at radius 3 is 2.85 bits per heavy atom. The summed E-state index contributed by atoms with van der Waals surface area (Å²) in [5.41, 5.74) is 0.682. The zero-order valence-electron chi connectivity index (χ0n) is 7.11. The van der Waals surface area contributed by atoms with Crippen molar-refractivity contribution in [1.29, 1.82) is 0 Å². The molecule has 0 aliphatic heterocycles. The molecule has 13 heavy (non-hydrogen) atoms. The molecule has 0 spiro atoms. The van der Waals surface area contributed by atoms with Gasteiger partial charge in [-0.25, -0.2) is 0 Å². The summed E-state index contributed by atoms with van der Waals surface area (Å²) in [6, 6.07) is 4.43. The standard InChI is InChI=1S/C9H10O4/c1-6-4-7(10)2-3-8(6)13-5-9(11)12/h2-4,10H,5H2,1H3,(H,11,12)/p-1. The first kappa shape index (κ1) is 9.38. The van der Waals surface area contributed by atoms with Crippen LogP contribution < -0.4 is 9.84 Å². The molecule has 1 rings (SSSR count). The topological polar surface area (TPSA) is 69.6 Å². The van der Waals surface area contributed by atoms with Crippen LogP contribution in [0.2, 0.25) is 0 Å². The molecule has 1 aromatic rings. The third-order valence-corrected chi connectivity index (χ3v) is 1.50. The second-order valence-electron chi connectivity index (χ2n) is 2.61. The number of benzene rings is 1. The molecule has 0 aliphatic carbocycles. The van der Waals surface area contributed by atoms with Crippen molar-refractivity contribution in [2.24, 2.45) is 0 Å². The van der Waals surface area contributed by atoms with Gasteiger partial charge in [0.25, 0.3) is 0 Å². The second kappa shape index (κ2) is 3.80. The average Bonchev–Trinajstić information content (AvgIpc) is 2.02. The highest BCUT2D eigenvalue weighted by molar-refractivity contribution is 5.66. The number of aromatic hydroxyl groups is 1. The van der Waals surface area contributed by atoms with E-state index in [-0.39, 0.29) is 5.75 Å². The maximum atomic E-state index is 10.1. The summed E-state index contributed by atoms with van der Waals surface area (Å²) < 4.78 is 4.88. The molecule has 0 radical (unpaired) electrons. The van der Waals surface area contributed by atoms with Crippen LogP contribution in [0.5, 0.6) is 11.5 Å². The molecule has 0 aromatic heterocycles. The molecule has 0 saturated carbocycles. The van der Waals surface area contributed by atoms with Crippen LogP contribution in [-0.2, 0) is 4.79 Å². The lowest BCUT2D eigenvalue weighted by Gasteiger charge is -2.09. The number of carbonyl (C=O) groups excluding carboxylic acids is 1. The first-order valence-electron chi connectivity index (χ1n) is 3.72. The Labute approximate surface area is 75.4 Å². The zero-order chi connectivity index (χ0) is 9.84. The first-order valence-corrected chi connectivity index (χ1v) is 3.72. The predicted octanol–water partition coefficient (Wildman–Crippen LogP) is -0.171. The van der Waals surface area contributed by atoms with Gasteiger partial charge in [-0.15, -0.1) is 0 Å². The summed E-state index contributed by atoms with van der Waals surface area (Å²) in [4.78, 5) is 10.1. The third kappa shape index (κ3) is 2.66. The van der Waals surface area contributed by atoms with E-state index in [0.29, 0.717) is 11.3 Å². The lowest BCUT2D eigenvalue weighted by atomic mass is 10.2. The van der Waals surface area contributed by atoms with E-state index < -0.39 is 12.6 Å². The lowest BCUT2D eigenvalue weighted by molar-refractivity contribution is -0.307. The van der Waals surface area contributed by atoms with Crippen LogP contribution in [0.4, 0.5) is 0 Å². The Balaban J connectivity index is 2.72. The number of phenolic OH excluding ortho intramolecular Hbond substituents is 1. The molecule has 0 saturated heterocycles. The molecule has 4 nitrogen and oxygen atoms in total. The SMILES string of the molecule is Cc1cc(O)ccc1OCC(=O)[O-]. The third-order valence-electron chi connectivity index (χ3n) is 1.50. The monoisotopic (exact) mass is 181 g/mol. The van der Waals surface area contributed by atoms with E-state index in [9.17, 15) is 9.90 Å². The molecule has 0 amide bonds. The van der Waals surface area contributed by atoms with Gasteiger partial charge in [0.15, 0.2) is 0 Å². The fourth-order valence-electron chi connectivity index (χ4n) is 0.932. The van der Waals surface area contributed by atoms with Crippen molar-refractivity contribution in [1.82, 2.24) is 0 Å². The van der Waals surface area contributed by atoms with Gasteiger partial charge >= 0.3 is 0 Å². The Morgan fingerprint density at radius 1 is 1.62 bits per heavy atom. The zero-order valence-corrected chi connectivity index (χ0v) is 7.11. The van der Waals surface area contributed by atoms with Gasteiger partial charge in [-0.05, 0) is 30.7 Å². The number of ether oxygens (including phenoxy) is 1. The number of carboxylic acid groups (broad SMARTS) is 1. The van der Waals surface area contributed by atoms with Crippen LogP contribution in [0.25, 0.3) is 0 Å². The number of carboxylic acids is 1. The minimum absolute atomic E-state index is 0.123. The summed E-state index contributed by atoms with van der Waals surface area (Å²) in [7, 11) is 0. The van der Waals surface area contributed by atoms with Crippen LogP contribution in [0, 0.1) is 6.92 Å². The van der Waals surface area contributed by atoms with Gasteiger partial charge in [-0.2, -0.15) is 0 Å². The van der Waals surface area contributed by atoms with E-state index in [0.717, 1.165) is 0 Å². The van der Waals surface area contributed by atoms with Gasteiger partial charge in [0.05, 0.1) is 5.97 Å². The molecule has 0 fully saturated rings. The van der Waals surface area contributed by atoms with E-state index in [1.807, 2.05) is 0 Å². The number of hydrogen-bond acceptors (Lipinski definition) is 4. The number of carbonyl (C=O) groups is 1. The van der Waals surface area contributed by atoms with Gasteiger partial charge < -0.3 is 19.7 Å². The van der Waals surface area contributed by atoms with Crippen LogP contribution in [0.3, 0.4) is 0 Å². The van der Waals surface area contributed by atoms with E-state index >= 15 is 0 Å². The quantitative estimate of drug-likeness (QED) is 0.702. The Hall–Kier alpha value is -1.71. The maximum Gasteiger partial charge on any atom is 0.128 e. The van der Waals surface area contributed by atoms with Gasteiger partial charge in [0, 0.05) is 0 Å². The molecule has 0 bridgehead atoms. The molecule has 70 valence electrons. The van der Waals surface area contributed by atoms with E-state index in [1.165, 1.54) is 18.2 Å². The Morgan fingerprint density at radius 2 is 2.31 bits per heavy atom. The number of aryl methyl sites for hydroxylation is 1. The minimum atomic E-state index is -1.27. The first-order chi connectivity index (χ1) is 6.09. The molecule has 0 unspecified atom stereocenters. The Kier molecular flexibility index (Phi) is 2.74. The smallest absolute Gasteiger partial charge is 0.128 e. The van der Waals surface area contributed by atoms with Gasteiger partial charge in [0.1, 0.15) is 18.1 Å². The molecule has 0 atom stereocenters. The molecule has 1 N–H and O–H groups in total. The van der Waals surface area contributed by atoms with Gasteiger partial charge in [-0.1, -0.05) is 0 Å². The van der Waals surface area contributed by atoms with E-state index in [4.69, 9.17) is 9.84 Å². The number of hydrogen-bond donors (Lipinski definition) is 1. The van der Waals surface area contributed by atoms with Gasteiger partial charge in [-0.3, -0.25) is 0 Å². The van der Waals surface area contributed by atoms with Crippen molar-refractivity contribution in [2.75, 3.05) is 6.61 Å². The molecule has 0 heterocycles. The van der Waals surface area contributed by atoms with Crippen molar-refractivity contribution < 1.29 is 19.7 Å². The largest absolute Gasteiger partial charge is 0.546 e. The van der Waals surface area contributed by atoms with Crippen molar-refractivity contribution >= 4 is 5.97 Å². The van der Waals surface area contributed by atoms with Crippen molar-refractivity contribution in [3.8, 4) is 11.5 Å². The summed E-state index contributed by atoms with van der Waals surface area (Å²) in [5.74, 6) is -0.715. The van der Waals surface area contributed by atoms with E-state index in [2.05, 4.69) is 0 Å². The van der Waals surface area contributed by atoms with Gasteiger partial charge in [0.2, 0.25) is 0 Å². The highest BCUT2D eigenvalue weighted by Crippen LogP contribution is 2.21. The minimum Gasteiger partial charge on any atom is -0.546 e. The summed E-state index contributed by atoms with van der Waals surface area (Å²) in [5, 5.41) is 19.1.